The molecule has 1 aromatic carbocycles. The van der Waals surface area contributed by atoms with E-state index in [0.717, 1.165) is 18.4 Å². The fourth-order valence-corrected chi connectivity index (χ4v) is 2.19. The number of hydrogen-bond donors (Lipinski definition) is 2. The molecule has 2 aromatic rings. The van der Waals surface area contributed by atoms with Crippen LogP contribution in [-0.2, 0) is 0 Å². The molecular formula is C16H22N4O2. The number of aromatic nitrogens is 2. The predicted molar refractivity (Wildman–Crippen MR) is 85.5 cm³/mol. The topological polar surface area (TPSA) is 80.0 Å². The van der Waals surface area contributed by atoms with Gasteiger partial charge in [-0.1, -0.05) is 32.3 Å². The van der Waals surface area contributed by atoms with Crippen LogP contribution in [0.3, 0.4) is 0 Å². The standard InChI is InChI=1S/C16H22N4O2/c1-3-4-5-7-12(2)18-16(21)19-14-9-6-8-13(10-14)15-20-17-11-22-15/h6,8-12H,3-5,7H2,1-2H3,(H2,18,19,21)/t12-/m1/s1. The van der Waals surface area contributed by atoms with E-state index in [1.807, 2.05) is 25.1 Å². The molecule has 6 nitrogen and oxygen atoms in total. The molecule has 1 aromatic heterocycles. The first-order valence-corrected chi connectivity index (χ1v) is 7.63. The van der Waals surface area contributed by atoms with Crippen LogP contribution in [0.5, 0.6) is 0 Å². The molecule has 0 saturated carbocycles. The van der Waals surface area contributed by atoms with Crippen molar-refractivity contribution in [1.82, 2.24) is 15.5 Å². The number of unbranched alkanes of at least 4 members (excludes halogenated alkanes) is 2. The summed E-state index contributed by atoms with van der Waals surface area (Å²) < 4.78 is 5.15. The largest absolute Gasteiger partial charge is 0.423 e. The molecule has 2 N–H and O–H groups in total. The van der Waals surface area contributed by atoms with Crippen molar-refractivity contribution in [2.45, 2.75) is 45.6 Å². The van der Waals surface area contributed by atoms with Crippen LogP contribution in [0.1, 0.15) is 39.5 Å². The number of hydrogen-bond acceptors (Lipinski definition) is 4. The van der Waals surface area contributed by atoms with Gasteiger partial charge >= 0.3 is 6.03 Å². The van der Waals surface area contributed by atoms with Gasteiger partial charge in [-0.3, -0.25) is 0 Å². The third kappa shape index (κ3) is 4.87. The Kier molecular flexibility index (Phi) is 5.94. The molecule has 2 rings (SSSR count). The molecule has 118 valence electrons. The summed E-state index contributed by atoms with van der Waals surface area (Å²) in [5, 5.41) is 13.3. The summed E-state index contributed by atoms with van der Waals surface area (Å²) >= 11 is 0. The molecule has 0 aliphatic carbocycles. The minimum absolute atomic E-state index is 0.158. The highest BCUT2D eigenvalue weighted by Crippen LogP contribution is 2.20. The van der Waals surface area contributed by atoms with Crippen molar-refractivity contribution in [3.8, 4) is 11.5 Å². The van der Waals surface area contributed by atoms with Crippen molar-refractivity contribution >= 4 is 11.7 Å². The third-order valence-electron chi connectivity index (χ3n) is 3.35. The van der Waals surface area contributed by atoms with E-state index in [1.165, 1.54) is 19.2 Å². The van der Waals surface area contributed by atoms with E-state index in [1.54, 1.807) is 6.07 Å². The normalized spacial score (nSPS) is 11.9. The lowest BCUT2D eigenvalue weighted by Gasteiger charge is -2.14. The number of benzene rings is 1. The molecule has 22 heavy (non-hydrogen) atoms. The Balaban J connectivity index is 1.88. The van der Waals surface area contributed by atoms with Crippen molar-refractivity contribution < 1.29 is 9.21 Å². The second-order valence-electron chi connectivity index (χ2n) is 5.32. The summed E-state index contributed by atoms with van der Waals surface area (Å²) in [5.41, 5.74) is 1.46. The van der Waals surface area contributed by atoms with Gasteiger partial charge in [-0.15, -0.1) is 10.2 Å². The minimum atomic E-state index is -0.202. The number of rotatable bonds is 7. The highest BCUT2D eigenvalue weighted by Gasteiger charge is 2.09. The number of carbonyl (C=O) groups excluding carboxylic acids is 1. The number of carbonyl (C=O) groups is 1. The van der Waals surface area contributed by atoms with Crippen LogP contribution in [0, 0.1) is 0 Å². The lowest BCUT2D eigenvalue weighted by Crippen LogP contribution is -2.36. The molecule has 1 heterocycles. The average Bonchev–Trinajstić information content (AvgIpc) is 3.02. The number of urea groups is 1. The molecule has 0 unspecified atom stereocenters. The van der Waals surface area contributed by atoms with Gasteiger partial charge in [0.05, 0.1) is 0 Å². The summed E-state index contributed by atoms with van der Waals surface area (Å²) in [6.07, 6.45) is 5.77. The molecule has 6 heteroatoms. The maximum absolute atomic E-state index is 12.0. The van der Waals surface area contributed by atoms with E-state index in [0.29, 0.717) is 11.6 Å². The Morgan fingerprint density at radius 2 is 2.23 bits per heavy atom. The molecule has 0 bridgehead atoms. The van der Waals surface area contributed by atoms with Gasteiger partial charge in [-0.25, -0.2) is 4.79 Å². The molecule has 0 fully saturated rings. The first-order valence-electron chi connectivity index (χ1n) is 7.63. The van der Waals surface area contributed by atoms with Crippen molar-refractivity contribution in [3.05, 3.63) is 30.7 Å². The van der Waals surface area contributed by atoms with Crippen molar-refractivity contribution in [2.75, 3.05) is 5.32 Å². The summed E-state index contributed by atoms with van der Waals surface area (Å²) in [7, 11) is 0. The smallest absolute Gasteiger partial charge is 0.319 e. The zero-order valence-corrected chi connectivity index (χ0v) is 13.0. The van der Waals surface area contributed by atoms with Gasteiger partial charge in [0.15, 0.2) is 0 Å². The summed E-state index contributed by atoms with van der Waals surface area (Å²) in [4.78, 5) is 12.0. The Hall–Kier alpha value is -2.37. The van der Waals surface area contributed by atoms with Crippen LogP contribution in [0.4, 0.5) is 10.5 Å². The van der Waals surface area contributed by atoms with Crippen molar-refractivity contribution in [2.24, 2.45) is 0 Å². The zero-order chi connectivity index (χ0) is 15.8. The molecular weight excluding hydrogens is 280 g/mol. The van der Waals surface area contributed by atoms with Crippen LogP contribution in [0.2, 0.25) is 0 Å². The SMILES string of the molecule is CCCCC[C@@H](C)NC(=O)Nc1cccc(-c2nnco2)c1. The predicted octanol–water partition coefficient (Wildman–Crippen LogP) is 3.83. The monoisotopic (exact) mass is 302 g/mol. The molecule has 0 saturated heterocycles. The van der Waals surface area contributed by atoms with Crippen molar-refractivity contribution in [1.29, 1.82) is 0 Å². The third-order valence-corrected chi connectivity index (χ3v) is 3.35. The van der Waals surface area contributed by atoms with E-state index in [9.17, 15) is 4.79 Å². The average molecular weight is 302 g/mol. The Morgan fingerprint density at radius 3 is 2.95 bits per heavy atom. The van der Waals surface area contributed by atoms with Crippen LogP contribution in [-0.4, -0.2) is 22.3 Å². The van der Waals surface area contributed by atoms with Crippen LogP contribution >= 0.6 is 0 Å². The van der Waals surface area contributed by atoms with Gasteiger partial charge < -0.3 is 15.1 Å². The lowest BCUT2D eigenvalue weighted by molar-refractivity contribution is 0.248. The maximum Gasteiger partial charge on any atom is 0.319 e. The van der Waals surface area contributed by atoms with Crippen LogP contribution < -0.4 is 10.6 Å². The summed E-state index contributed by atoms with van der Waals surface area (Å²) in [5.74, 6) is 0.428. The first kappa shape index (κ1) is 16.0. The molecule has 0 spiro atoms. The van der Waals surface area contributed by atoms with E-state index in [2.05, 4.69) is 27.8 Å². The minimum Gasteiger partial charge on any atom is -0.423 e. The van der Waals surface area contributed by atoms with Crippen molar-refractivity contribution in [3.63, 3.8) is 0 Å². The second-order valence-corrected chi connectivity index (χ2v) is 5.32. The molecule has 0 radical (unpaired) electrons. The highest BCUT2D eigenvalue weighted by molar-refractivity contribution is 5.90. The summed E-state index contributed by atoms with van der Waals surface area (Å²) in [6.45, 7) is 4.19. The van der Waals surface area contributed by atoms with Gasteiger partial charge in [-0.05, 0) is 31.5 Å². The second kappa shape index (κ2) is 8.17. The number of nitrogens with one attached hydrogen (secondary N) is 2. The van der Waals surface area contributed by atoms with Crippen LogP contribution in [0.15, 0.2) is 35.1 Å². The molecule has 0 aliphatic heterocycles. The highest BCUT2D eigenvalue weighted by atomic mass is 16.4. The van der Waals surface area contributed by atoms with E-state index < -0.39 is 0 Å². The number of amides is 2. The fraction of sp³-hybridized carbons (Fsp3) is 0.438. The zero-order valence-electron chi connectivity index (χ0n) is 13.0. The Morgan fingerprint density at radius 1 is 1.36 bits per heavy atom. The van der Waals surface area contributed by atoms with Gasteiger partial charge in [0.2, 0.25) is 12.3 Å². The van der Waals surface area contributed by atoms with Gasteiger partial charge in [0.25, 0.3) is 0 Å². The van der Waals surface area contributed by atoms with Crippen LogP contribution in [0.25, 0.3) is 11.5 Å². The number of anilines is 1. The molecule has 2 amide bonds. The quantitative estimate of drug-likeness (QED) is 0.762. The maximum atomic E-state index is 12.0. The van der Waals surface area contributed by atoms with E-state index in [-0.39, 0.29) is 12.1 Å². The molecule has 0 aliphatic rings. The van der Waals surface area contributed by atoms with E-state index in [4.69, 9.17) is 4.42 Å². The van der Waals surface area contributed by atoms with Gasteiger partial charge in [0, 0.05) is 17.3 Å². The van der Waals surface area contributed by atoms with Gasteiger partial charge in [0.1, 0.15) is 0 Å². The Bertz CT molecular complexity index is 584. The fourth-order valence-electron chi connectivity index (χ4n) is 2.19. The Labute approximate surface area is 130 Å². The van der Waals surface area contributed by atoms with Gasteiger partial charge in [-0.2, -0.15) is 0 Å². The molecule has 1 atom stereocenters. The van der Waals surface area contributed by atoms with E-state index >= 15 is 0 Å². The number of nitrogens with zero attached hydrogens (tertiary/aromatic N) is 2. The lowest BCUT2D eigenvalue weighted by atomic mass is 10.1. The summed E-state index contributed by atoms with van der Waals surface area (Å²) in [6, 6.07) is 7.26. The first-order chi connectivity index (χ1) is 10.7.